The predicted molar refractivity (Wildman–Crippen MR) is 110 cm³/mol. The van der Waals surface area contributed by atoms with Gasteiger partial charge in [0.25, 0.3) is 0 Å². The summed E-state index contributed by atoms with van der Waals surface area (Å²) in [6.45, 7) is 0.737. The van der Waals surface area contributed by atoms with Gasteiger partial charge in [-0.25, -0.2) is 9.97 Å². The van der Waals surface area contributed by atoms with Gasteiger partial charge >= 0.3 is 0 Å². The van der Waals surface area contributed by atoms with Crippen LogP contribution < -0.4 is 10.1 Å². The van der Waals surface area contributed by atoms with Gasteiger partial charge in [0, 0.05) is 12.1 Å². The second-order valence-electron chi connectivity index (χ2n) is 7.61. The molecule has 0 saturated heterocycles. The molecule has 28 heavy (non-hydrogen) atoms. The number of methoxy groups -OCH3 is 1. The van der Waals surface area contributed by atoms with Crippen molar-refractivity contribution in [3.63, 3.8) is 0 Å². The molecule has 1 aromatic heterocycles. The Balaban J connectivity index is 1.70. The Hall–Kier alpha value is -2.99. The van der Waals surface area contributed by atoms with Crippen LogP contribution in [0.15, 0.2) is 48.7 Å². The Morgan fingerprint density at radius 2 is 1.89 bits per heavy atom. The van der Waals surface area contributed by atoms with Crippen LogP contribution in [-0.2, 0) is 4.79 Å². The van der Waals surface area contributed by atoms with Crippen molar-refractivity contribution in [2.24, 2.45) is 5.41 Å². The molecule has 1 heterocycles. The SMILES string of the molecule is COc1ccc(-c2ccccc2)c2ncc(NC(=O)C3(CN(C)C)CC3)nc12. The van der Waals surface area contributed by atoms with Gasteiger partial charge in [-0.3, -0.25) is 4.79 Å². The number of carbonyl (C=O) groups is 1. The van der Waals surface area contributed by atoms with Gasteiger partial charge in [-0.2, -0.15) is 0 Å². The molecule has 1 saturated carbocycles. The van der Waals surface area contributed by atoms with E-state index in [0.717, 1.165) is 36.0 Å². The highest BCUT2D eigenvalue weighted by Gasteiger charge is 2.50. The van der Waals surface area contributed by atoms with E-state index in [0.29, 0.717) is 17.1 Å². The topological polar surface area (TPSA) is 67.3 Å². The number of hydrogen-bond acceptors (Lipinski definition) is 5. The van der Waals surface area contributed by atoms with Crippen LogP contribution in [0.4, 0.5) is 5.82 Å². The molecule has 0 bridgehead atoms. The zero-order chi connectivity index (χ0) is 19.7. The minimum absolute atomic E-state index is 0.00744. The lowest BCUT2D eigenvalue weighted by molar-refractivity contribution is -0.121. The number of hydrogen-bond donors (Lipinski definition) is 1. The number of nitrogens with zero attached hydrogens (tertiary/aromatic N) is 3. The fraction of sp³-hybridized carbons (Fsp3) is 0.318. The molecule has 1 aliphatic rings. The average Bonchev–Trinajstić information content (AvgIpc) is 3.47. The van der Waals surface area contributed by atoms with E-state index in [1.807, 2.05) is 61.5 Å². The highest BCUT2D eigenvalue weighted by molar-refractivity contribution is 5.99. The van der Waals surface area contributed by atoms with Crippen molar-refractivity contribution >= 4 is 22.8 Å². The maximum atomic E-state index is 12.8. The first kappa shape index (κ1) is 18.4. The minimum Gasteiger partial charge on any atom is -0.494 e. The van der Waals surface area contributed by atoms with Gasteiger partial charge in [-0.15, -0.1) is 0 Å². The van der Waals surface area contributed by atoms with Crippen LogP contribution in [0.3, 0.4) is 0 Å². The summed E-state index contributed by atoms with van der Waals surface area (Å²) in [6.07, 6.45) is 3.43. The molecule has 6 nitrogen and oxygen atoms in total. The molecule has 0 unspecified atom stereocenters. The van der Waals surface area contributed by atoms with E-state index in [1.54, 1.807) is 13.3 Å². The molecule has 144 valence electrons. The van der Waals surface area contributed by atoms with Crippen molar-refractivity contribution in [2.75, 3.05) is 33.1 Å². The Morgan fingerprint density at radius 1 is 1.14 bits per heavy atom. The standard InChI is InChI=1S/C22H24N4O2/c1-26(2)14-22(11-12-22)21(27)25-18-13-23-19-16(15-7-5-4-6-8-15)9-10-17(28-3)20(19)24-18/h4-10,13H,11-12,14H2,1-3H3,(H,24,25,27). The van der Waals surface area contributed by atoms with E-state index < -0.39 is 0 Å². The van der Waals surface area contributed by atoms with Crippen LogP contribution in [0.5, 0.6) is 5.75 Å². The Kier molecular flexibility index (Phi) is 4.73. The van der Waals surface area contributed by atoms with Gasteiger partial charge in [0.1, 0.15) is 16.8 Å². The highest BCUT2D eigenvalue weighted by atomic mass is 16.5. The molecule has 1 amide bonds. The quantitative estimate of drug-likeness (QED) is 0.712. The molecule has 0 aliphatic heterocycles. The molecular weight excluding hydrogens is 352 g/mol. The van der Waals surface area contributed by atoms with E-state index in [4.69, 9.17) is 4.74 Å². The molecule has 2 aromatic carbocycles. The molecular formula is C22H24N4O2. The van der Waals surface area contributed by atoms with E-state index in [9.17, 15) is 4.79 Å². The number of benzene rings is 2. The molecule has 0 spiro atoms. The summed E-state index contributed by atoms with van der Waals surface area (Å²) in [7, 11) is 5.58. The maximum Gasteiger partial charge on any atom is 0.233 e. The predicted octanol–water partition coefficient (Wildman–Crippen LogP) is 3.59. The van der Waals surface area contributed by atoms with Gasteiger partial charge in [-0.1, -0.05) is 30.3 Å². The zero-order valence-electron chi connectivity index (χ0n) is 16.4. The Morgan fingerprint density at radius 3 is 2.54 bits per heavy atom. The number of carbonyl (C=O) groups excluding carboxylic acids is 1. The third kappa shape index (κ3) is 3.43. The maximum absolute atomic E-state index is 12.8. The number of nitrogens with one attached hydrogen (secondary N) is 1. The van der Waals surface area contributed by atoms with Gasteiger partial charge in [0.15, 0.2) is 5.82 Å². The molecule has 0 atom stereocenters. The van der Waals surface area contributed by atoms with E-state index >= 15 is 0 Å². The van der Waals surface area contributed by atoms with Gasteiger partial charge in [0.05, 0.1) is 18.7 Å². The van der Waals surface area contributed by atoms with Gasteiger partial charge in [-0.05, 0) is 44.6 Å². The van der Waals surface area contributed by atoms with Crippen LogP contribution >= 0.6 is 0 Å². The highest BCUT2D eigenvalue weighted by Crippen LogP contribution is 2.47. The van der Waals surface area contributed by atoms with Crippen LogP contribution in [0, 0.1) is 5.41 Å². The zero-order valence-corrected chi connectivity index (χ0v) is 16.4. The normalized spacial score (nSPS) is 14.9. The van der Waals surface area contributed by atoms with Crippen molar-refractivity contribution < 1.29 is 9.53 Å². The fourth-order valence-electron chi connectivity index (χ4n) is 3.61. The number of fused-ring (bicyclic) bond motifs is 1. The lowest BCUT2D eigenvalue weighted by Gasteiger charge is -2.19. The summed E-state index contributed by atoms with van der Waals surface area (Å²) in [5.74, 6) is 1.09. The molecule has 3 aromatic rings. The first-order chi connectivity index (χ1) is 13.5. The number of aromatic nitrogens is 2. The molecule has 4 rings (SSSR count). The average molecular weight is 376 g/mol. The summed E-state index contributed by atoms with van der Waals surface area (Å²) < 4.78 is 5.49. The van der Waals surface area contributed by atoms with Crippen LogP contribution in [0.2, 0.25) is 0 Å². The van der Waals surface area contributed by atoms with E-state index in [1.165, 1.54) is 0 Å². The van der Waals surface area contributed by atoms with Crippen molar-refractivity contribution in [1.82, 2.24) is 14.9 Å². The van der Waals surface area contributed by atoms with E-state index in [2.05, 4.69) is 15.3 Å². The largest absolute Gasteiger partial charge is 0.494 e. The van der Waals surface area contributed by atoms with Crippen molar-refractivity contribution in [3.8, 4) is 16.9 Å². The van der Waals surface area contributed by atoms with Crippen molar-refractivity contribution in [3.05, 3.63) is 48.7 Å². The molecule has 0 radical (unpaired) electrons. The molecule has 6 heteroatoms. The summed E-state index contributed by atoms with van der Waals surface area (Å²) in [5, 5.41) is 2.96. The third-order valence-electron chi connectivity index (χ3n) is 5.16. The monoisotopic (exact) mass is 376 g/mol. The second-order valence-corrected chi connectivity index (χ2v) is 7.61. The number of amides is 1. The van der Waals surface area contributed by atoms with E-state index in [-0.39, 0.29) is 11.3 Å². The molecule has 1 fully saturated rings. The summed E-state index contributed by atoms with van der Waals surface area (Å²) in [4.78, 5) is 24.1. The number of rotatable bonds is 6. The number of anilines is 1. The smallest absolute Gasteiger partial charge is 0.233 e. The van der Waals surface area contributed by atoms with Gasteiger partial charge < -0.3 is 15.0 Å². The minimum atomic E-state index is -0.309. The fourth-order valence-corrected chi connectivity index (χ4v) is 3.61. The van der Waals surface area contributed by atoms with Crippen molar-refractivity contribution in [2.45, 2.75) is 12.8 Å². The Labute approximate surface area is 164 Å². The first-order valence-corrected chi connectivity index (χ1v) is 9.38. The lowest BCUT2D eigenvalue weighted by atomic mass is 10.0. The van der Waals surface area contributed by atoms with Crippen LogP contribution in [0.25, 0.3) is 22.2 Å². The van der Waals surface area contributed by atoms with Crippen LogP contribution in [0.1, 0.15) is 12.8 Å². The van der Waals surface area contributed by atoms with Crippen LogP contribution in [-0.4, -0.2) is 48.5 Å². The van der Waals surface area contributed by atoms with Crippen molar-refractivity contribution in [1.29, 1.82) is 0 Å². The Bertz CT molecular complexity index is 1010. The lowest BCUT2D eigenvalue weighted by Crippen LogP contribution is -2.33. The summed E-state index contributed by atoms with van der Waals surface area (Å²) >= 11 is 0. The summed E-state index contributed by atoms with van der Waals surface area (Å²) in [5.41, 5.74) is 3.12. The first-order valence-electron chi connectivity index (χ1n) is 9.38. The summed E-state index contributed by atoms with van der Waals surface area (Å²) in [6, 6.07) is 13.9. The number of ether oxygens (including phenoxy) is 1. The molecule has 1 N–H and O–H groups in total. The molecule has 1 aliphatic carbocycles. The van der Waals surface area contributed by atoms with Gasteiger partial charge in [0.2, 0.25) is 5.91 Å². The second kappa shape index (κ2) is 7.20. The third-order valence-corrected chi connectivity index (χ3v) is 5.16.